The van der Waals surface area contributed by atoms with E-state index in [2.05, 4.69) is 22.3 Å². The lowest BCUT2D eigenvalue weighted by Gasteiger charge is -2.26. The molecule has 2 heterocycles. The number of rotatable bonds is 5. The highest BCUT2D eigenvalue weighted by atomic mass is 32.1. The Balaban J connectivity index is 1.80. The molecule has 18 heavy (non-hydrogen) atoms. The molecule has 2 rings (SSSR count). The average molecular weight is 269 g/mol. The van der Waals surface area contributed by atoms with Gasteiger partial charge in [0, 0.05) is 25.1 Å². The highest BCUT2D eigenvalue weighted by Crippen LogP contribution is 2.18. The summed E-state index contributed by atoms with van der Waals surface area (Å²) in [4.78, 5) is 6.90. The minimum atomic E-state index is 0.0424. The Labute approximate surface area is 113 Å². The van der Waals surface area contributed by atoms with Crippen LogP contribution in [0.5, 0.6) is 0 Å². The number of ether oxygens (including phenoxy) is 1. The van der Waals surface area contributed by atoms with Crippen LogP contribution in [0.4, 0.5) is 0 Å². The van der Waals surface area contributed by atoms with Crippen molar-refractivity contribution < 1.29 is 4.74 Å². The minimum Gasteiger partial charge on any atom is -0.381 e. The molecule has 1 aliphatic rings. The summed E-state index contributed by atoms with van der Waals surface area (Å²) in [5, 5.41) is 3.14. The molecule has 0 aromatic carbocycles. The quantitative estimate of drug-likeness (QED) is 0.888. The van der Waals surface area contributed by atoms with Crippen LogP contribution in [0.2, 0.25) is 0 Å². The SMILES string of the molecule is CC(N)c1nc(CN(C)CC2CCCOC2)cs1. The largest absolute Gasteiger partial charge is 0.381 e. The standard InChI is InChI=1S/C13H23N3OS/c1-10(14)13-15-12(9-18-13)7-16(2)6-11-4-3-5-17-8-11/h9-11H,3-8,14H2,1-2H3. The fourth-order valence-electron chi connectivity index (χ4n) is 2.34. The zero-order valence-corrected chi connectivity index (χ0v) is 12.1. The van der Waals surface area contributed by atoms with Gasteiger partial charge in [0.25, 0.3) is 0 Å². The highest BCUT2D eigenvalue weighted by molar-refractivity contribution is 7.09. The van der Waals surface area contributed by atoms with E-state index in [1.54, 1.807) is 11.3 Å². The Morgan fingerprint density at radius 1 is 1.67 bits per heavy atom. The molecule has 1 aromatic rings. The molecular formula is C13H23N3OS. The van der Waals surface area contributed by atoms with E-state index in [9.17, 15) is 0 Å². The maximum Gasteiger partial charge on any atom is 0.109 e. The van der Waals surface area contributed by atoms with Crippen molar-refractivity contribution in [2.45, 2.75) is 32.4 Å². The average Bonchev–Trinajstić information content (AvgIpc) is 2.78. The summed E-state index contributed by atoms with van der Waals surface area (Å²) in [5.41, 5.74) is 6.96. The number of nitrogens with zero attached hydrogens (tertiary/aromatic N) is 2. The van der Waals surface area contributed by atoms with E-state index in [1.165, 1.54) is 12.8 Å². The van der Waals surface area contributed by atoms with E-state index >= 15 is 0 Å². The summed E-state index contributed by atoms with van der Waals surface area (Å²) in [6.07, 6.45) is 2.48. The van der Waals surface area contributed by atoms with Crippen LogP contribution < -0.4 is 5.73 Å². The molecule has 0 bridgehead atoms. The van der Waals surface area contributed by atoms with Crippen LogP contribution in [0.3, 0.4) is 0 Å². The Morgan fingerprint density at radius 2 is 2.50 bits per heavy atom. The van der Waals surface area contributed by atoms with Crippen molar-refractivity contribution in [2.24, 2.45) is 11.7 Å². The maximum absolute atomic E-state index is 5.83. The normalized spacial score (nSPS) is 22.3. The van der Waals surface area contributed by atoms with Crippen molar-refractivity contribution >= 4 is 11.3 Å². The summed E-state index contributed by atoms with van der Waals surface area (Å²) in [6.45, 7) is 5.81. The molecule has 1 aliphatic heterocycles. The monoisotopic (exact) mass is 269 g/mol. The second-order valence-corrected chi connectivity index (χ2v) is 6.14. The van der Waals surface area contributed by atoms with Crippen LogP contribution in [-0.4, -0.2) is 36.7 Å². The molecule has 0 amide bonds. The number of aromatic nitrogens is 1. The third kappa shape index (κ3) is 4.02. The molecule has 0 spiro atoms. The van der Waals surface area contributed by atoms with E-state index in [1.807, 2.05) is 6.92 Å². The first-order valence-corrected chi connectivity index (χ1v) is 7.49. The van der Waals surface area contributed by atoms with Gasteiger partial charge in [-0.1, -0.05) is 0 Å². The molecule has 1 aromatic heterocycles. The first-order valence-electron chi connectivity index (χ1n) is 6.61. The van der Waals surface area contributed by atoms with Crippen LogP contribution in [0.25, 0.3) is 0 Å². The van der Waals surface area contributed by atoms with Crippen LogP contribution in [0.1, 0.15) is 36.5 Å². The second-order valence-electron chi connectivity index (χ2n) is 5.25. The van der Waals surface area contributed by atoms with Gasteiger partial charge in [0.05, 0.1) is 18.3 Å². The molecule has 2 unspecified atom stereocenters. The first-order chi connectivity index (χ1) is 8.65. The Morgan fingerprint density at radius 3 is 3.11 bits per heavy atom. The van der Waals surface area contributed by atoms with E-state index in [0.29, 0.717) is 5.92 Å². The number of thiazole rings is 1. The lowest BCUT2D eigenvalue weighted by atomic mass is 10.0. The van der Waals surface area contributed by atoms with Crippen molar-refractivity contribution in [3.63, 3.8) is 0 Å². The fourth-order valence-corrected chi connectivity index (χ4v) is 3.11. The Kier molecular flexibility index (Phi) is 5.12. The van der Waals surface area contributed by atoms with Gasteiger partial charge in [0.15, 0.2) is 0 Å². The van der Waals surface area contributed by atoms with Crippen molar-refractivity contribution in [2.75, 3.05) is 26.8 Å². The summed E-state index contributed by atoms with van der Waals surface area (Å²) in [6, 6.07) is 0.0424. The fraction of sp³-hybridized carbons (Fsp3) is 0.769. The first kappa shape index (κ1) is 13.9. The van der Waals surface area contributed by atoms with Gasteiger partial charge >= 0.3 is 0 Å². The van der Waals surface area contributed by atoms with Crippen LogP contribution in [-0.2, 0) is 11.3 Å². The van der Waals surface area contributed by atoms with Crippen molar-refractivity contribution in [1.82, 2.24) is 9.88 Å². The molecule has 102 valence electrons. The van der Waals surface area contributed by atoms with Crippen LogP contribution in [0, 0.1) is 5.92 Å². The maximum atomic E-state index is 5.83. The smallest absolute Gasteiger partial charge is 0.109 e. The Bertz CT molecular complexity index is 361. The predicted molar refractivity (Wildman–Crippen MR) is 74.6 cm³/mol. The molecule has 0 saturated carbocycles. The van der Waals surface area contributed by atoms with Crippen molar-refractivity contribution in [1.29, 1.82) is 0 Å². The van der Waals surface area contributed by atoms with E-state index < -0.39 is 0 Å². The molecule has 0 radical (unpaired) electrons. The lowest BCUT2D eigenvalue weighted by molar-refractivity contribution is 0.0410. The number of hydrogen-bond donors (Lipinski definition) is 1. The molecule has 2 N–H and O–H groups in total. The van der Waals surface area contributed by atoms with Gasteiger partial charge < -0.3 is 15.4 Å². The van der Waals surface area contributed by atoms with E-state index in [0.717, 1.165) is 37.0 Å². The van der Waals surface area contributed by atoms with Crippen LogP contribution >= 0.6 is 11.3 Å². The van der Waals surface area contributed by atoms with Gasteiger partial charge in [-0.25, -0.2) is 4.98 Å². The molecule has 4 nitrogen and oxygen atoms in total. The molecule has 1 fully saturated rings. The minimum absolute atomic E-state index is 0.0424. The van der Waals surface area contributed by atoms with Gasteiger partial charge in [-0.05, 0) is 32.7 Å². The number of hydrogen-bond acceptors (Lipinski definition) is 5. The summed E-state index contributed by atoms with van der Waals surface area (Å²) < 4.78 is 5.51. The zero-order valence-electron chi connectivity index (χ0n) is 11.3. The predicted octanol–water partition coefficient (Wildman–Crippen LogP) is 2.02. The van der Waals surface area contributed by atoms with Gasteiger partial charge in [-0.15, -0.1) is 11.3 Å². The lowest BCUT2D eigenvalue weighted by Crippen LogP contribution is -2.30. The molecule has 5 heteroatoms. The van der Waals surface area contributed by atoms with Gasteiger partial charge in [0.1, 0.15) is 5.01 Å². The van der Waals surface area contributed by atoms with Crippen molar-refractivity contribution in [3.05, 3.63) is 16.1 Å². The van der Waals surface area contributed by atoms with Gasteiger partial charge in [-0.2, -0.15) is 0 Å². The molecule has 2 atom stereocenters. The topological polar surface area (TPSA) is 51.4 Å². The van der Waals surface area contributed by atoms with E-state index in [4.69, 9.17) is 10.5 Å². The van der Waals surface area contributed by atoms with Crippen molar-refractivity contribution in [3.8, 4) is 0 Å². The second kappa shape index (κ2) is 6.61. The third-order valence-electron chi connectivity index (χ3n) is 3.22. The third-order valence-corrected chi connectivity index (χ3v) is 4.31. The highest BCUT2D eigenvalue weighted by Gasteiger charge is 2.16. The molecule has 1 saturated heterocycles. The summed E-state index contributed by atoms with van der Waals surface area (Å²) >= 11 is 1.66. The molecular weight excluding hydrogens is 246 g/mol. The van der Waals surface area contributed by atoms with E-state index in [-0.39, 0.29) is 6.04 Å². The number of nitrogens with two attached hydrogens (primary N) is 1. The zero-order chi connectivity index (χ0) is 13.0. The summed E-state index contributed by atoms with van der Waals surface area (Å²) in [5.74, 6) is 0.676. The van der Waals surface area contributed by atoms with Gasteiger partial charge in [0.2, 0.25) is 0 Å². The molecule has 0 aliphatic carbocycles. The van der Waals surface area contributed by atoms with Crippen LogP contribution in [0.15, 0.2) is 5.38 Å². The van der Waals surface area contributed by atoms with Gasteiger partial charge in [-0.3, -0.25) is 0 Å². The Hall–Kier alpha value is -0.490. The summed E-state index contributed by atoms with van der Waals surface area (Å²) in [7, 11) is 2.15.